The van der Waals surface area contributed by atoms with Gasteiger partial charge in [0, 0.05) is 5.92 Å². The predicted octanol–water partition coefficient (Wildman–Crippen LogP) is 5.20. The maximum Gasteiger partial charge on any atom is 0.416 e. The Hall–Kier alpha value is -3.26. The Labute approximate surface area is 197 Å². The van der Waals surface area contributed by atoms with Gasteiger partial charge in [0.05, 0.1) is 40.9 Å². The first-order valence-electron chi connectivity index (χ1n) is 10.3. The van der Waals surface area contributed by atoms with Gasteiger partial charge < -0.3 is 0 Å². The van der Waals surface area contributed by atoms with Crippen LogP contribution in [0.1, 0.15) is 28.3 Å². The molecular weight excluding hydrogens is 494 g/mol. The molecule has 11 heteroatoms. The molecule has 0 N–H and O–H groups in total. The molecule has 2 heterocycles. The van der Waals surface area contributed by atoms with Crippen LogP contribution < -0.4 is 0 Å². The Kier molecular flexibility index (Phi) is 6.21. The van der Waals surface area contributed by atoms with Crippen LogP contribution in [0.5, 0.6) is 0 Å². The molecule has 4 rings (SSSR count). The van der Waals surface area contributed by atoms with Crippen molar-refractivity contribution < 1.29 is 34.8 Å². The van der Waals surface area contributed by atoms with Crippen LogP contribution in [0.25, 0.3) is 6.08 Å². The van der Waals surface area contributed by atoms with Gasteiger partial charge in [0.2, 0.25) is 0 Å². The number of benzene rings is 2. The monoisotopic (exact) mass is 512 g/mol. The van der Waals surface area contributed by atoms with Crippen LogP contribution in [0.2, 0.25) is 0 Å². The number of sulfone groups is 1. The molecule has 2 aromatic carbocycles. The van der Waals surface area contributed by atoms with Crippen molar-refractivity contribution in [3.63, 3.8) is 0 Å². The highest BCUT2D eigenvalue weighted by Gasteiger charge is 2.46. The number of hydrogen-bond acceptors (Lipinski definition) is 4. The Balaban J connectivity index is 1.80. The van der Waals surface area contributed by atoms with Gasteiger partial charge in [-0.15, -0.1) is 6.42 Å². The van der Waals surface area contributed by atoms with Crippen molar-refractivity contribution in [3.8, 4) is 12.3 Å². The molecule has 0 radical (unpaired) electrons. The summed E-state index contributed by atoms with van der Waals surface area (Å²) in [6.45, 7) is -0.0994. The number of rotatable bonds is 3. The van der Waals surface area contributed by atoms with E-state index in [0.29, 0.717) is 0 Å². The Morgan fingerprint density at radius 2 is 1.66 bits per heavy atom. The van der Waals surface area contributed by atoms with Crippen LogP contribution in [-0.4, -0.2) is 37.2 Å². The zero-order valence-electron chi connectivity index (χ0n) is 17.9. The van der Waals surface area contributed by atoms with E-state index in [9.17, 15) is 34.8 Å². The average molecular weight is 512 g/mol. The minimum Gasteiger partial charge on any atom is -0.277 e. The van der Waals surface area contributed by atoms with Crippen molar-refractivity contribution >= 4 is 21.6 Å². The number of hydrazone groups is 1. The van der Waals surface area contributed by atoms with Crippen LogP contribution >= 0.6 is 0 Å². The highest BCUT2D eigenvalue weighted by Crippen LogP contribution is 2.43. The zero-order chi connectivity index (χ0) is 25.6. The standard InChI is InChI=1S/C24H18F6N2O2S/c1-2-9-32-22(16-6-4-8-19(12-16)24(28,29)30)20-14-35(33,34)13-17(21(20)31-32)10-15-5-3-7-18(11-15)23(25,26)27/h1,3-8,10-12,20,22H,9,13-14H2/b17-10+. The van der Waals surface area contributed by atoms with E-state index in [-0.39, 0.29) is 34.7 Å². The lowest BCUT2D eigenvalue weighted by Crippen LogP contribution is -2.37. The van der Waals surface area contributed by atoms with Gasteiger partial charge in [-0.05, 0) is 47.0 Å². The van der Waals surface area contributed by atoms with Gasteiger partial charge in [-0.1, -0.05) is 30.2 Å². The van der Waals surface area contributed by atoms with Crippen LogP contribution in [0.4, 0.5) is 26.3 Å². The average Bonchev–Trinajstić information content (AvgIpc) is 3.10. The number of halogens is 6. The topological polar surface area (TPSA) is 49.7 Å². The molecule has 1 saturated heterocycles. The summed E-state index contributed by atoms with van der Waals surface area (Å²) >= 11 is 0. The molecule has 2 aliphatic rings. The molecule has 0 bridgehead atoms. The van der Waals surface area contributed by atoms with Crippen LogP contribution in [0.3, 0.4) is 0 Å². The lowest BCUT2D eigenvalue weighted by atomic mass is 9.87. The van der Waals surface area contributed by atoms with Gasteiger partial charge in [-0.2, -0.15) is 31.4 Å². The van der Waals surface area contributed by atoms with E-state index < -0.39 is 51.0 Å². The van der Waals surface area contributed by atoms with E-state index in [0.717, 1.165) is 24.3 Å². The van der Waals surface area contributed by atoms with E-state index in [4.69, 9.17) is 6.42 Å². The van der Waals surface area contributed by atoms with Crippen LogP contribution in [-0.2, 0) is 22.2 Å². The molecule has 35 heavy (non-hydrogen) atoms. The van der Waals surface area contributed by atoms with Gasteiger partial charge in [-0.3, -0.25) is 5.01 Å². The molecule has 0 aromatic heterocycles. The SMILES string of the molecule is C#CCN1N=C2/C(=C/c3cccc(C(F)(F)F)c3)CS(=O)(=O)CC2C1c1cccc(C(F)(F)F)c1. The Morgan fingerprint density at radius 3 is 2.29 bits per heavy atom. The maximum atomic E-state index is 13.3. The molecule has 0 amide bonds. The number of terminal acetylenes is 1. The van der Waals surface area contributed by atoms with E-state index in [1.165, 1.54) is 35.4 Å². The van der Waals surface area contributed by atoms with Gasteiger partial charge >= 0.3 is 12.4 Å². The number of alkyl halides is 6. The molecule has 1 fully saturated rings. The smallest absolute Gasteiger partial charge is 0.277 e. The quantitative estimate of drug-likeness (QED) is 0.420. The number of nitrogens with zero attached hydrogens (tertiary/aromatic N) is 2. The highest BCUT2D eigenvalue weighted by molar-refractivity contribution is 7.91. The van der Waals surface area contributed by atoms with Gasteiger partial charge in [-0.25, -0.2) is 8.42 Å². The third-order valence-corrected chi connectivity index (χ3v) is 7.41. The fraction of sp³-hybridized carbons (Fsp3) is 0.292. The normalized spacial score (nSPS) is 23.1. The summed E-state index contributed by atoms with van der Waals surface area (Å²) in [5, 5.41) is 5.79. The van der Waals surface area contributed by atoms with E-state index in [1.54, 1.807) is 0 Å². The molecule has 2 atom stereocenters. The Morgan fingerprint density at radius 1 is 1.03 bits per heavy atom. The second kappa shape index (κ2) is 8.75. The maximum absolute atomic E-state index is 13.3. The summed E-state index contributed by atoms with van der Waals surface area (Å²) < 4.78 is 105. The summed E-state index contributed by atoms with van der Waals surface area (Å²) in [7, 11) is -3.73. The summed E-state index contributed by atoms with van der Waals surface area (Å²) in [5.41, 5.74) is -1.02. The van der Waals surface area contributed by atoms with Crippen molar-refractivity contribution in [2.24, 2.45) is 11.0 Å². The molecule has 2 unspecified atom stereocenters. The molecule has 2 aliphatic heterocycles. The van der Waals surface area contributed by atoms with Crippen molar-refractivity contribution in [3.05, 3.63) is 76.4 Å². The summed E-state index contributed by atoms with van der Waals surface area (Å²) in [4.78, 5) is 0. The fourth-order valence-electron chi connectivity index (χ4n) is 4.40. The van der Waals surface area contributed by atoms with Gasteiger partial charge in [0.1, 0.15) is 0 Å². The second-order valence-corrected chi connectivity index (χ2v) is 10.4. The molecule has 0 aliphatic carbocycles. The minimum atomic E-state index is -4.61. The predicted molar refractivity (Wildman–Crippen MR) is 119 cm³/mol. The first kappa shape index (κ1) is 24.9. The largest absolute Gasteiger partial charge is 0.416 e. The lowest BCUT2D eigenvalue weighted by Gasteiger charge is -2.30. The van der Waals surface area contributed by atoms with Crippen molar-refractivity contribution in [1.29, 1.82) is 0 Å². The molecular formula is C24H18F6N2O2S. The van der Waals surface area contributed by atoms with Crippen molar-refractivity contribution in [1.82, 2.24) is 5.01 Å². The second-order valence-electron chi connectivity index (χ2n) is 8.31. The third-order valence-electron chi connectivity index (χ3n) is 5.79. The van der Waals surface area contributed by atoms with Crippen LogP contribution in [0, 0.1) is 18.3 Å². The molecule has 184 valence electrons. The molecule has 4 nitrogen and oxygen atoms in total. The Bertz CT molecular complexity index is 1350. The van der Waals surface area contributed by atoms with Gasteiger partial charge in [0.15, 0.2) is 9.84 Å². The van der Waals surface area contributed by atoms with Crippen molar-refractivity contribution in [2.45, 2.75) is 18.4 Å². The van der Waals surface area contributed by atoms with Gasteiger partial charge in [0.25, 0.3) is 0 Å². The molecule has 0 spiro atoms. The van der Waals surface area contributed by atoms with E-state index >= 15 is 0 Å². The first-order chi connectivity index (χ1) is 16.3. The summed E-state index contributed by atoms with van der Waals surface area (Å²) in [6.07, 6.45) is -2.45. The number of fused-ring (bicyclic) bond motifs is 1. The van der Waals surface area contributed by atoms with E-state index in [2.05, 4.69) is 11.0 Å². The highest BCUT2D eigenvalue weighted by atomic mass is 32.2. The van der Waals surface area contributed by atoms with E-state index in [1.807, 2.05) is 0 Å². The third kappa shape index (κ3) is 5.22. The summed E-state index contributed by atoms with van der Waals surface area (Å²) in [6, 6.07) is 8.01. The van der Waals surface area contributed by atoms with Crippen LogP contribution in [0.15, 0.2) is 59.2 Å². The molecule has 0 saturated carbocycles. The fourth-order valence-corrected chi connectivity index (χ4v) is 6.11. The zero-order valence-corrected chi connectivity index (χ0v) is 18.8. The minimum absolute atomic E-state index is 0.0994. The van der Waals surface area contributed by atoms with Crippen molar-refractivity contribution in [2.75, 3.05) is 18.1 Å². The summed E-state index contributed by atoms with van der Waals surface area (Å²) in [5.74, 6) is 0.689. The first-order valence-corrected chi connectivity index (χ1v) is 12.1. The number of hydrogen-bond donors (Lipinski definition) is 0. The molecule has 2 aromatic rings. The lowest BCUT2D eigenvalue weighted by molar-refractivity contribution is -0.138.